The zero-order valence-corrected chi connectivity index (χ0v) is 15.2. The van der Waals surface area contributed by atoms with Gasteiger partial charge in [0.1, 0.15) is 17.3 Å². The van der Waals surface area contributed by atoms with Gasteiger partial charge in [-0.15, -0.1) is 24.8 Å². The van der Waals surface area contributed by atoms with Gasteiger partial charge in [0.25, 0.3) is 0 Å². The second-order valence-corrected chi connectivity index (χ2v) is 5.64. The fourth-order valence-electron chi connectivity index (χ4n) is 2.78. The van der Waals surface area contributed by atoms with Gasteiger partial charge in [-0.1, -0.05) is 24.3 Å². The van der Waals surface area contributed by atoms with Gasteiger partial charge in [-0.2, -0.15) is 0 Å². The average Bonchev–Trinajstić information content (AvgIpc) is 2.55. The number of nitrogens with one attached hydrogen (secondary N) is 2. The van der Waals surface area contributed by atoms with Crippen molar-refractivity contribution in [1.82, 2.24) is 15.5 Å². The lowest BCUT2D eigenvalue weighted by Crippen LogP contribution is -2.58. The quantitative estimate of drug-likeness (QED) is 0.797. The number of benzene rings is 1. The lowest BCUT2D eigenvalue weighted by Gasteiger charge is -2.38. The molecule has 0 aromatic heterocycles. The summed E-state index contributed by atoms with van der Waals surface area (Å²) in [6.45, 7) is 4.66. The van der Waals surface area contributed by atoms with Gasteiger partial charge in [0.2, 0.25) is 0 Å². The van der Waals surface area contributed by atoms with Crippen LogP contribution in [-0.2, 0) is 5.66 Å². The fourth-order valence-corrected chi connectivity index (χ4v) is 2.78. The number of halogens is 3. The van der Waals surface area contributed by atoms with Gasteiger partial charge in [0, 0.05) is 19.3 Å². The van der Waals surface area contributed by atoms with E-state index < -0.39 is 5.66 Å². The molecule has 0 spiro atoms. The van der Waals surface area contributed by atoms with E-state index in [1.807, 2.05) is 13.0 Å². The van der Waals surface area contributed by atoms with Crippen LogP contribution in [0.15, 0.2) is 53.7 Å². The van der Waals surface area contributed by atoms with Crippen LogP contribution in [-0.4, -0.2) is 30.5 Å². The van der Waals surface area contributed by atoms with Crippen LogP contribution in [0, 0.1) is 5.82 Å². The van der Waals surface area contributed by atoms with Gasteiger partial charge < -0.3 is 5.32 Å². The summed E-state index contributed by atoms with van der Waals surface area (Å²) in [5, 5.41) is 6.95. The monoisotopic (exact) mass is 372 g/mol. The minimum absolute atomic E-state index is 0. The Kier molecular flexibility index (Phi) is 7.90. The third-order valence-corrected chi connectivity index (χ3v) is 3.99. The summed E-state index contributed by atoms with van der Waals surface area (Å²) in [7, 11) is 0. The van der Waals surface area contributed by atoms with Crippen molar-refractivity contribution in [2.24, 2.45) is 4.99 Å². The van der Waals surface area contributed by atoms with E-state index in [0.29, 0.717) is 0 Å². The highest BCUT2D eigenvalue weighted by Gasteiger charge is 2.31. The van der Waals surface area contributed by atoms with E-state index in [1.165, 1.54) is 12.1 Å². The Morgan fingerprint density at radius 3 is 2.62 bits per heavy atom. The first kappa shape index (κ1) is 20.6. The first-order chi connectivity index (χ1) is 10.7. The predicted molar refractivity (Wildman–Crippen MR) is 101 cm³/mol. The Morgan fingerprint density at radius 1 is 1.25 bits per heavy atom. The predicted octanol–water partition coefficient (Wildman–Crippen LogP) is 3.17. The Hall–Kier alpha value is -1.40. The van der Waals surface area contributed by atoms with Crippen molar-refractivity contribution in [3.05, 3.63) is 60.1 Å². The number of hydrogen-bond donors (Lipinski definition) is 2. The maximum absolute atomic E-state index is 13.2. The van der Waals surface area contributed by atoms with Crippen molar-refractivity contribution in [3.63, 3.8) is 0 Å². The zero-order chi connectivity index (χ0) is 15.4. The molecule has 0 saturated heterocycles. The SMILES string of the molecule is CC1=NC=CC(NCN2CC=CCC2)(c2ccc(F)cc2)N1.Cl.Cl. The first-order valence-corrected chi connectivity index (χ1v) is 7.57. The molecule has 0 radical (unpaired) electrons. The Balaban J connectivity index is 0.00000144. The molecular weight excluding hydrogens is 350 g/mol. The molecule has 2 aliphatic heterocycles. The molecule has 2 N–H and O–H groups in total. The Labute approximate surface area is 154 Å². The molecule has 0 saturated carbocycles. The largest absolute Gasteiger partial charge is 0.349 e. The third-order valence-electron chi connectivity index (χ3n) is 3.99. The number of aliphatic imine (C=N–C) groups is 1. The molecule has 0 amide bonds. The lowest BCUT2D eigenvalue weighted by atomic mass is 9.98. The molecule has 2 aliphatic rings. The first-order valence-electron chi connectivity index (χ1n) is 7.57. The molecule has 0 fully saturated rings. The summed E-state index contributed by atoms with van der Waals surface area (Å²) < 4.78 is 13.2. The van der Waals surface area contributed by atoms with Gasteiger partial charge in [0.05, 0.1) is 6.67 Å². The van der Waals surface area contributed by atoms with E-state index in [-0.39, 0.29) is 30.6 Å². The fraction of sp³-hybridized carbons (Fsp3) is 0.353. The van der Waals surface area contributed by atoms with Crippen LogP contribution in [0.2, 0.25) is 0 Å². The van der Waals surface area contributed by atoms with Crippen molar-refractivity contribution in [1.29, 1.82) is 0 Å². The van der Waals surface area contributed by atoms with Gasteiger partial charge in [-0.05, 0) is 37.1 Å². The molecular formula is C17H23Cl2FN4. The van der Waals surface area contributed by atoms with Crippen molar-refractivity contribution in [3.8, 4) is 0 Å². The van der Waals surface area contributed by atoms with E-state index >= 15 is 0 Å². The number of hydrogen-bond acceptors (Lipinski definition) is 4. The van der Waals surface area contributed by atoms with Crippen LogP contribution in [0.25, 0.3) is 0 Å². The van der Waals surface area contributed by atoms with E-state index in [1.54, 1.807) is 18.3 Å². The van der Waals surface area contributed by atoms with Gasteiger partial charge >= 0.3 is 0 Å². The standard InChI is InChI=1S/C17H21FN4.2ClH/c1-14-19-10-9-17(21-14,15-5-7-16(18)8-6-15)20-13-22-11-3-2-4-12-22;;/h2-3,5-10,20H,4,11-13H2,1H3,(H,19,21);2*1H. The van der Waals surface area contributed by atoms with E-state index in [4.69, 9.17) is 0 Å². The number of rotatable bonds is 4. The van der Waals surface area contributed by atoms with Crippen LogP contribution in [0.3, 0.4) is 0 Å². The maximum Gasteiger partial charge on any atom is 0.138 e. The van der Waals surface area contributed by atoms with Crippen LogP contribution < -0.4 is 10.6 Å². The summed E-state index contributed by atoms with van der Waals surface area (Å²) in [5.41, 5.74) is 0.410. The Bertz CT molecular complexity index is 616. The zero-order valence-electron chi connectivity index (χ0n) is 13.5. The molecule has 1 aromatic carbocycles. The summed E-state index contributed by atoms with van der Waals surface area (Å²) >= 11 is 0. The Morgan fingerprint density at radius 2 is 2.00 bits per heavy atom. The van der Waals surface area contributed by atoms with Crippen LogP contribution in [0.1, 0.15) is 18.9 Å². The van der Waals surface area contributed by atoms with Gasteiger partial charge in [-0.3, -0.25) is 10.2 Å². The maximum atomic E-state index is 13.2. The van der Waals surface area contributed by atoms with Crippen LogP contribution in [0.5, 0.6) is 0 Å². The van der Waals surface area contributed by atoms with E-state index in [2.05, 4.69) is 32.7 Å². The number of nitrogens with zero attached hydrogens (tertiary/aromatic N) is 2. The number of amidine groups is 1. The summed E-state index contributed by atoms with van der Waals surface area (Å²) in [6.07, 6.45) is 9.24. The summed E-state index contributed by atoms with van der Waals surface area (Å²) in [5.74, 6) is 0.600. The van der Waals surface area contributed by atoms with Gasteiger partial charge in [0.15, 0.2) is 0 Å². The topological polar surface area (TPSA) is 39.7 Å². The third kappa shape index (κ3) is 4.80. The molecule has 2 heterocycles. The smallest absolute Gasteiger partial charge is 0.138 e. The molecule has 0 aliphatic carbocycles. The molecule has 1 aromatic rings. The molecule has 1 unspecified atom stereocenters. The van der Waals surface area contributed by atoms with Crippen molar-refractivity contribution in [2.75, 3.05) is 19.8 Å². The molecule has 3 rings (SSSR count). The van der Waals surface area contributed by atoms with Gasteiger partial charge in [-0.25, -0.2) is 9.38 Å². The highest BCUT2D eigenvalue weighted by molar-refractivity contribution is 5.85. The minimum atomic E-state index is -0.555. The second kappa shape index (κ2) is 9.18. The molecule has 4 nitrogen and oxygen atoms in total. The summed E-state index contributed by atoms with van der Waals surface area (Å²) in [4.78, 5) is 6.58. The second-order valence-electron chi connectivity index (χ2n) is 5.64. The normalized spacial score (nSPS) is 22.8. The highest BCUT2D eigenvalue weighted by atomic mass is 35.5. The highest BCUT2D eigenvalue weighted by Crippen LogP contribution is 2.23. The molecule has 132 valence electrons. The van der Waals surface area contributed by atoms with Crippen LogP contribution in [0.4, 0.5) is 4.39 Å². The molecule has 0 bridgehead atoms. The van der Waals surface area contributed by atoms with Crippen molar-refractivity contribution < 1.29 is 4.39 Å². The minimum Gasteiger partial charge on any atom is -0.349 e. The summed E-state index contributed by atoms with van der Waals surface area (Å²) in [6, 6.07) is 6.57. The lowest BCUT2D eigenvalue weighted by molar-refractivity contribution is 0.227. The average molecular weight is 373 g/mol. The van der Waals surface area contributed by atoms with Crippen LogP contribution >= 0.6 is 24.8 Å². The van der Waals surface area contributed by atoms with Crippen molar-refractivity contribution in [2.45, 2.75) is 19.0 Å². The van der Waals surface area contributed by atoms with E-state index in [0.717, 1.165) is 37.6 Å². The van der Waals surface area contributed by atoms with E-state index in [9.17, 15) is 4.39 Å². The molecule has 7 heteroatoms. The molecule has 24 heavy (non-hydrogen) atoms. The van der Waals surface area contributed by atoms with Crippen molar-refractivity contribution >= 4 is 30.6 Å². The molecule has 1 atom stereocenters.